The van der Waals surface area contributed by atoms with Crippen LogP contribution in [0.1, 0.15) is 64.6 Å². The summed E-state index contributed by atoms with van der Waals surface area (Å²) in [6.07, 6.45) is 3.66. The number of carbonyl (C=O) groups is 2. The van der Waals surface area contributed by atoms with E-state index in [4.69, 9.17) is 0 Å². The van der Waals surface area contributed by atoms with E-state index in [0.29, 0.717) is 12.5 Å². The molecule has 26 heavy (non-hydrogen) atoms. The van der Waals surface area contributed by atoms with Crippen LogP contribution < -0.4 is 5.32 Å². The Morgan fingerprint density at radius 3 is 2.65 bits per heavy atom. The molecule has 2 unspecified atom stereocenters. The zero-order valence-corrected chi connectivity index (χ0v) is 16.0. The molecule has 1 aromatic heterocycles. The van der Waals surface area contributed by atoms with Crippen LogP contribution in [0.2, 0.25) is 0 Å². The van der Waals surface area contributed by atoms with Crippen LogP contribution in [0.25, 0.3) is 0 Å². The largest absolute Gasteiger partial charge is 0.391 e. The first-order valence-corrected chi connectivity index (χ1v) is 9.40. The molecule has 3 rings (SSSR count). The van der Waals surface area contributed by atoms with Crippen LogP contribution >= 0.6 is 0 Å². The van der Waals surface area contributed by atoms with Crippen LogP contribution in [-0.2, 0) is 9.59 Å². The Morgan fingerprint density at radius 2 is 2.08 bits per heavy atom. The lowest BCUT2D eigenvalue weighted by Crippen LogP contribution is -2.50. The Hall–Kier alpha value is -1.96. The average Bonchev–Trinajstić information content (AvgIpc) is 3.15. The van der Waals surface area contributed by atoms with Gasteiger partial charge >= 0.3 is 0 Å². The van der Waals surface area contributed by atoms with Gasteiger partial charge in [0.05, 0.1) is 11.8 Å². The first kappa shape index (κ1) is 18.8. The van der Waals surface area contributed by atoms with E-state index in [0.717, 1.165) is 18.5 Å². The molecule has 144 valence electrons. The average molecular weight is 363 g/mol. The van der Waals surface area contributed by atoms with Gasteiger partial charge in [0.2, 0.25) is 11.8 Å². The van der Waals surface area contributed by atoms with Gasteiger partial charge in [-0.1, -0.05) is 26.0 Å². The fraction of sp³-hybridized carbons (Fsp3) is 0.778. The molecular formula is C18H29N5O3. The van der Waals surface area contributed by atoms with Crippen LogP contribution in [0.3, 0.4) is 0 Å². The van der Waals surface area contributed by atoms with Crippen molar-refractivity contribution in [2.75, 3.05) is 13.1 Å². The van der Waals surface area contributed by atoms with Gasteiger partial charge in [-0.25, -0.2) is 4.68 Å². The summed E-state index contributed by atoms with van der Waals surface area (Å²) in [6, 6.07) is -1.22. The predicted molar refractivity (Wildman–Crippen MR) is 95.3 cm³/mol. The van der Waals surface area contributed by atoms with Crippen molar-refractivity contribution in [1.82, 2.24) is 25.2 Å². The van der Waals surface area contributed by atoms with Crippen LogP contribution in [0.5, 0.6) is 0 Å². The zero-order valence-electron chi connectivity index (χ0n) is 16.0. The highest BCUT2D eigenvalue weighted by atomic mass is 16.3. The van der Waals surface area contributed by atoms with Crippen LogP contribution in [0.15, 0.2) is 6.20 Å². The third-order valence-electron chi connectivity index (χ3n) is 5.06. The Balaban J connectivity index is 1.87. The summed E-state index contributed by atoms with van der Waals surface area (Å²) in [6.45, 7) is 8.41. The SMILES string of the molecule is CCNC(=O)C1CC(O)CN1C(=O)[C@@H](n1cc(C2CC2)nn1)C(C)(C)C. The standard InChI is InChI=1S/C18H29N5O3/c1-5-19-16(25)14-8-12(24)9-22(14)17(26)15(18(2,3)4)23-10-13(20-21-23)11-6-7-11/h10-12,14-15,24H,5-9H2,1-4H3,(H,19,25)/t12?,14?,15-/m1/s1. The molecule has 3 atom stereocenters. The van der Waals surface area contributed by atoms with Crippen molar-refractivity contribution >= 4 is 11.8 Å². The van der Waals surface area contributed by atoms with E-state index in [9.17, 15) is 14.7 Å². The summed E-state index contributed by atoms with van der Waals surface area (Å²) in [5.74, 6) is 0.0380. The molecule has 0 spiro atoms. The first-order chi connectivity index (χ1) is 12.2. The van der Waals surface area contributed by atoms with Crippen molar-refractivity contribution in [3.8, 4) is 0 Å². The predicted octanol–water partition coefficient (Wildman–Crippen LogP) is 0.841. The van der Waals surface area contributed by atoms with Crippen molar-refractivity contribution in [2.24, 2.45) is 5.41 Å². The third kappa shape index (κ3) is 3.75. The van der Waals surface area contributed by atoms with Crippen molar-refractivity contribution < 1.29 is 14.7 Å². The number of hydrogen-bond donors (Lipinski definition) is 2. The number of likely N-dealkylation sites (N-methyl/N-ethyl adjacent to an activating group) is 1. The van der Waals surface area contributed by atoms with Crippen LogP contribution in [-0.4, -0.2) is 62.0 Å². The van der Waals surface area contributed by atoms with Crippen molar-refractivity contribution in [3.63, 3.8) is 0 Å². The minimum Gasteiger partial charge on any atom is -0.391 e. The van der Waals surface area contributed by atoms with Crippen LogP contribution in [0.4, 0.5) is 0 Å². The van der Waals surface area contributed by atoms with Gasteiger partial charge in [0, 0.05) is 31.6 Å². The number of nitrogens with one attached hydrogen (secondary N) is 1. The second kappa shape index (κ2) is 6.98. The Kier molecular flexibility index (Phi) is 5.05. The number of hydrogen-bond acceptors (Lipinski definition) is 5. The summed E-state index contributed by atoms with van der Waals surface area (Å²) in [7, 11) is 0. The second-order valence-corrected chi connectivity index (χ2v) is 8.46. The van der Waals surface area contributed by atoms with Gasteiger partial charge in [0.1, 0.15) is 12.1 Å². The molecular weight excluding hydrogens is 334 g/mol. The minimum absolute atomic E-state index is 0.164. The number of likely N-dealkylation sites (tertiary alicyclic amines) is 1. The normalized spacial score (nSPS) is 24.6. The Morgan fingerprint density at radius 1 is 1.38 bits per heavy atom. The first-order valence-electron chi connectivity index (χ1n) is 9.40. The fourth-order valence-electron chi connectivity index (χ4n) is 3.62. The molecule has 0 radical (unpaired) electrons. The maximum absolute atomic E-state index is 13.4. The highest BCUT2D eigenvalue weighted by Crippen LogP contribution is 2.40. The van der Waals surface area contributed by atoms with Crippen molar-refractivity contribution in [2.45, 2.75) is 71.1 Å². The van der Waals surface area contributed by atoms with E-state index in [1.807, 2.05) is 33.9 Å². The van der Waals surface area contributed by atoms with Gasteiger partial charge in [0.15, 0.2) is 0 Å². The van der Waals surface area contributed by atoms with Crippen molar-refractivity contribution in [3.05, 3.63) is 11.9 Å². The molecule has 2 fully saturated rings. The topological polar surface area (TPSA) is 100 Å². The summed E-state index contributed by atoms with van der Waals surface area (Å²) in [5.41, 5.74) is 0.513. The summed E-state index contributed by atoms with van der Waals surface area (Å²) in [5, 5.41) is 21.3. The molecule has 1 aromatic rings. The maximum Gasteiger partial charge on any atom is 0.248 e. The van der Waals surface area contributed by atoms with Gasteiger partial charge in [-0.3, -0.25) is 9.59 Å². The van der Waals surface area contributed by atoms with E-state index in [1.165, 1.54) is 4.90 Å². The molecule has 0 bridgehead atoms. The monoisotopic (exact) mass is 363 g/mol. The molecule has 1 saturated heterocycles. The number of aliphatic hydroxyl groups excluding tert-OH is 1. The number of carbonyl (C=O) groups excluding carboxylic acids is 2. The summed E-state index contributed by atoms with van der Waals surface area (Å²) >= 11 is 0. The van der Waals surface area contributed by atoms with E-state index in [-0.39, 0.29) is 24.8 Å². The Bertz CT molecular complexity index is 677. The van der Waals surface area contributed by atoms with Gasteiger partial charge < -0.3 is 15.3 Å². The lowest BCUT2D eigenvalue weighted by atomic mass is 9.85. The van der Waals surface area contributed by atoms with Crippen LogP contribution in [0, 0.1) is 5.41 Å². The molecule has 2 aliphatic rings. The molecule has 1 aliphatic carbocycles. The van der Waals surface area contributed by atoms with Gasteiger partial charge in [-0.05, 0) is 25.2 Å². The second-order valence-electron chi connectivity index (χ2n) is 8.46. The zero-order chi connectivity index (χ0) is 19.1. The van der Waals surface area contributed by atoms with E-state index >= 15 is 0 Å². The van der Waals surface area contributed by atoms with E-state index < -0.39 is 23.6 Å². The summed E-state index contributed by atoms with van der Waals surface area (Å²) in [4.78, 5) is 27.3. The fourth-order valence-corrected chi connectivity index (χ4v) is 3.62. The highest BCUT2D eigenvalue weighted by Gasteiger charge is 2.45. The number of β-amino-alcohol motifs (C(OH)–C–C–N with tert-alkyl or cyclic N) is 1. The van der Waals surface area contributed by atoms with E-state index in [1.54, 1.807) is 4.68 Å². The van der Waals surface area contributed by atoms with Crippen molar-refractivity contribution in [1.29, 1.82) is 0 Å². The Labute approximate surface area is 153 Å². The number of aromatic nitrogens is 3. The quantitative estimate of drug-likeness (QED) is 0.807. The van der Waals surface area contributed by atoms with Gasteiger partial charge in [0.25, 0.3) is 0 Å². The molecule has 1 aliphatic heterocycles. The highest BCUT2D eigenvalue weighted by molar-refractivity contribution is 5.90. The molecule has 2 heterocycles. The van der Waals surface area contributed by atoms with E-state index in [2.05, 4.69) is 15.6 Å². The smallest absolute Gasteiger partial charge is 0.248 e. The molecule has 2 N–H and O–H groups in total. The summed E-state index contributed by atoms with van der Waals surface area (Å²) < 4.78 is 1.63. The van der Waals surface area contributed by atoms with Gasteiger partial charge in [-0.15, -0.1) is 5.10 Å². The maximum atomic E-state index is 13.4. The lowest BCUT2D eigenvalue weighted by Gasteiger charge is -2.34. The van der Waals surface area contributed by atoms with Gasteiger partial charge in [-0.2, -0.15) is 0 Å². The number of rotatable bonds is 5. The number of amides is 2. The number of nitrogens with zero attached hydrogens (tertiary/aromatic N) is 4. The molecule has 1 saturated carbocycles. The molecule has 0 aromatic carbocycles. The number of aliphatic hydroxyl groups is 1. The lowest BCUT2D eigenvalue weighted by molar-refractivity contribution is -0.144. The molecule has 2 amide bonds. The molecule has 8 nitrogen and oxygen atoms in total. The third-order valence-corrected chi connectivity index (χ3v) is 5.06. The minimum atomic E-state index is -0.690. The molecule has 8 heteroatoms.